The van der Waals surface area contributed by atoms with Gasteiger partial charge in [0.15, 0.2) is 0 Å². The van der Waals surface area contributed by atoms with Gasteiger partial charge in [0.2, 0.25) is 11.9 Å². The maximum atomic E-state index is 12.3. The number of nitrogens with one attached hydrogen (secondary N) is 1. The fourth-order valence-electron chi connectivity index (χ4n) is 2.55. The highest BCUT2D eigenvalue weighted by Gasteiger charge is 2.41. The lowest BCUT2D eigenvalue weighted by molar-refractivity contribution is -0.136. The number of piperazine rings is 1. The number of hydrogen-bond acceptors (Lipinski definition) is 5. The Hall–Kier alpha value is -1.69. The molecule has 1 aromatic rings. The Kier molecular flexibility index (Phi) is 4.77. The topological polar surface area (TPSA) is 61.4 Å². The molecule has 0 spiro atoms. The smallest absolute Gasteiger partial charge is 0.247 e. The van der Waals surface area contributed by atoms with Crippen molar-refractivity contribution < 1.29 is 4.79 Å². The molecule has 2 rings (SSSR count). The Labute approximate surface area is 126 Å². The fourth-order valence-corrected chi connectivity index (χ4v) is 2.55. The van der Waals surface area contributed by atoms with Crippen LogP contribution in [0.4, 0.5) is 5.95 Å². The van der Waals surface area contributed by atoms with Crippen LogP contribution in [0.2, 0.25) is 0 Å². The first-order valence-electron chi connectivity index (χ1n) is 7.51. The molecule has 6 heteroatoms. The highest BCUT2D eigenvalue weighted by molar-refractivity contribution is 5.89. The minimum absolute atomic E-state index is 0.103. The molecule has 1 fully saturated rings. The van der Waals surface area contributed by atoms with E-state index in [9.17, 15) is 4.79 Å². The molecule has 0 saturated carbocycles. The minimum atomic E-state index is -0.602. The van der Waals surface area contributed by atoms with Crippen LogP contribution in [0.1, 0.15) is 32.8 Å². The third kappa shape index (κ3) is 3.32. The van der Waals surface area contributed by atoms with Gasteiger partial charge in [0.25, 0.3) is 0 Å². The SMILES string of the molecule is CCCNCc1cnc(N2CCN(C)C(=O)C2(C)C)nc1. The van der Waals surface area contributed by atoms with Crippen LogP contribution >= 0.6 is 0 Å². The van der Waals surface area contributed by atoms with Gasteiger partial charge in [-0.15, -0.1) is 0 Å². The van der Waals surface area contributed by atoms with Gasteiger partial charge in [0.1, 0.15) is 5.54 Å². The van der Waals surface area contributed by atoms with Gasteiger partial charge in [0.05, 0.1) is 0 Å². The number of rotatable bonds is 5. The van der Waals surface area contributed by atoms with Crippen molar-refractivity contribution in [1.82, 2.24) is 20.2 Å². The Morgan fingerprint density at radius 2 is 1.95 bits per heavy atom. The largest absolute Gasteiger partial charge is 0.342 e. The van der Waals surface area contributed by atoms with Crippen molar-refractivity contribution in [3.8, 4) is 0 Å². The molecule has 116 valence electrons. The van der Waals surface area contributed by atoms with Crippen LogP contribution in [-0.4, -0.2) is 53.0 Å². The van der Waals surface area contributed by atoms with E-state index in [1.165, 1.54) is 0 Å². The number of carbonyl (C=O) groups is 1. The van der Waals surface area contributed by atoms with Gasteiger partial charge in [-0.3, -0.25) is 4.79 Å². The normalized spacial score (nSPS) is 18.2. The Morgan fingerprint density at radius 1 is 1.29 bits per heavy atom. The van der Waals surface area contributed by atoms with Crippen LogP contribution in [0.5, 0.6) is 0 Å². The van der Waals surface area contributed by atoms with Crippen LogP contribution in [0.3, 0.4) is 0 Å². The molecule has 6 nitrogen and oxygen atoms in total. The zero-order valence-electron chi connectivity index (χ0n) is 13.4. The van der Waals surface area contributed by atoms with E-state index in [1.54, 1.807) is 4.90 Å². The summed E-state index contributed by atoms with van der Waals surface area (Å²) in [5, 5.41) is 3.33. The van der Waals surface area contributed by atoms with E-state index in [0.29, 0.717) is 12.5 Å². The lowest BCUT2D eigenvalue weighted by Gasteiger charge is -2.44. The molecule has 2 heterocycles. The summed E-state index contributed by atoms with van der Waals surface area (Å²) in [6, 6.07) is 0. The van der Waals surface area contributed by atoms with E-state index in [1.807, 2.05) is 38.2 Å². The maximum absolute atomic E-state index is 12.3. The predicted molar refractivity (Wildman–Crippen MR) is 83.1 cm³/mol. The van der Waals surface area contributed by atoms with Gasteiger partial charge in [-0.25, -0.2) is 9.97 Å². The second kappa shape index (κ2) is 6.39. The van der Waals surface area contributed by atoms with Gasteiger partial charge in [-0.2, -0.15) is 0 Å². The molecular formula is C15H25N5O. The quantitative estimate of drug-likeness (QED) is 0.821. The lowest BCUT2D eigenvalue weighted by atomic mass is 9.98. The molecule has 1 N–H and O–H groups in total. The molecule has 1 saturated heterocycles. The number of hydrogen-bond donors (Lipinski definition) is 1. The van der Waals surface area contributed by atoms with Crippen LogP contribution in [0.15, 0.2) is 12.4 Å². The van der Waals surface area contributed by atoms with Crippen molar-refractivity contribution in [1.29, 1.82) is 0 Å². The van der Waals surface area contributed by atoms with E-state index in [0.717, 1.165) is 31.6 Å². The van der Waals surface area contributed by atoms with Crippen LogP contribution < -0.4 is 10.2 Å². The van der Waals surface area contributed by atoms with Crippen molar-refractivity contribution in [3.63, 3.8) is 0 Å². The van der Waals surface area contributed by atoms with E-state index in [2.05, 4.69) is 22.2 Å². The second-order valence-electron chi connectivity index (χ2n) is 6.01. The summed E-state index contributed by atoms with van der Waals surface area (Å²) >= 11 is 0. The van der Waals surface area contributed by atoms with Gasteiger partial charge in [-0.1, -0.05) is 6.92 Å². The molecule has 0 aromatic carbocycles. The van der Waals surface area contributed by atoms with Crippen molar-refractivity contribution in [2.24, 2.45) is 0 Å². The predicted octanol–water partition coefficient (Wildman–Crippen LogP) is 1.03. The summed E-state index contributed by atoms with van der Waals surface area (Å²) in [4.78, 5) is 24.9. The zero-order valence-corrected chi connectivity index (χ0v) is 13.4. The third-order valence-electron chi connectivity index (χ3n) is 3.89. The average Bonchev–Trinajstić information content (AvgIpc) is 2.46. The monoisotopic (exact) mass is 291 g/mol. The van der Waals surface area contributed by atoms with E-state index < -0.39 is 5.54 Å². The van der Waals surface area contributed by atoms with Crippen LogP contribution in [0.25, 0.3) is 0 Å². The van der Waals surface area contributed by atoms with E-state index in [-0.39, 0.29) is 5.91 Å². The van der Waals surface area contributed by atoms with Crippen molar-refractivity contribution >= 4 is 11.9 Å². The maximum Gasteiger partial charge on any atom is 0.247 e. The zero-order chi connectivity index (χ0) is 15.5. The summed E-state index contributed by atoms with van der Waals surface area (Å²) in [6.45, 7) is 9.20. The number of amides is 1. The van der Waals surface area contributed by atoms with E-state index >= 15 is 0 Å². The van der Waals surface area contributed by atoms with Crippen molar-refractivity contribution in [3.05, 3.63) is 18.0 Å². The van der Waals surface area contributed by atoms with Gasteiger partial charge in [0, 0.05) is 44.6 Å². The summed E-state index contributed by atoms with van der Waals surface area (Å²) in [7, 11) is 1.84. The minimum Gasteiger partial charge on any atom is -0.342 e. The van der Waals surface area contributed by atoms with Crippen molar-refractivity contribution in [2.45, 2.75) is 39.3 Å². The van der Waals surface area contributed by atoms with Gasteiger partial charge < -0.3 is 15.1 Å². The lowest BCUT2D eigenvalue weighted by Crippen LogP contribution is -2.62. The first kappa shape index (κ1) is 15.7. The summed E-state index contributed by atoms with van der Waals surface area (Å²) in [5.74, 6) is 0.728. The summed E-state index contributed by atoms with van der Waals surface area (Å²) < 4.78 is 0. The second-order valence-corrected chi connectivity index (χ2v) is 6.01. The molecule has 1 amide bonds. The molecule has 1 aliphatic rings. The third-order valence-corrected chi connectivity index (χ3v) is 3.89. The Balaban J connectivity index is 2.09. The standard InChI is InChI=1S/C15H25N5O/c1-5-6-16-9-12-10-17-14(18-11-12)20-8-7-19(4)13(21)15(20,2)3/h10-11,16H,5-9H2,1-4H3. The first-order chi connectivity index (χ1) is 9.96. The summed E-state index contributed by atoms with van der Waals surface area (Å²) in [6.07, 6.45) is 4.78. The number of nitrogens with zero attached hydrogens (tertiary/aromatic N) is 4. The van der Waals surface area contributed by atoms with Gasteiger partial charge >= 0.3 is 0 Å². The Morgan fingerprint density at radius 3 is 2.57 bits per heavy atom. The fraction of sp³-hybridized carbons (Fsp3) is 0.667. The molecule has 0 aliphatic carbocycles. The molecule has 0 atom stereocenters. The number of anilines is 1. The molecule has 0 unspecified atom stereocenters. The highest BCUT2D eigenvalue weighted by Crippen LogP contribution is 2.25. The van der Waals surface area contributed by atoms with Crippen molar-refractivity contribution in [2.75, 3.05) is 31.6 Å². The highest BCUT2D eigenvalue weighted by atomic mass is 16.2. The molecule has 1 aromatic heterocycles. The average molecular weight is 291 g/mol. The number of aromatic nitrogens is 2. The number of likely N-dealkylation sites (N-methyl/N-ethyl adjacent to an activating group) is 1. The van der Waals surface area contributed by atoms with Crippen LogP contribution in [-0.2, 0) is 11.3 Å². The number of carbonyl (C=O) groups excluding carboxylic acids is 1. The molecule has 21 heavy (non-hydrogen) atoms. The van der Waals surface area contributed by atoms with E-state index in [4.69, 9.17) is 0 Å². The molecule has 0 radical (unpaired) electrons. The van der Waals surface area contributed by atoms with Crippen LogP contribution in [0, 0.1) is 0 Å². The first-order valence-corrected chi connectivity index (χ1v) is 7.51. The molecule has 0 bridgehead atoms. The van der Waals surface area contributed by atoms with Gasteiger partial charge in [-0.05, 0) is 26.8 Å². The Bertz CT molecular complexity index is 485. The molecule has 1 aliphatic heterocycles. The summed E-state index contributed by atoms with van der Waals surface area (Å²) in [5.41, 5.74) is 0.458. The molecular weight excluding hydrogens is 266 g/mol.